The van der Waals surface area contributed by atoms with Crippen LogP contribution in [0.5, 0.6) is 0 Å². The van der Waals surface area contributed by atoms with Crippen molar-refractivity contribution < 1.29 is 14.3 Å². The molecule has 1 atom stereocenters. The number of nitriles is 1. The van der Waals surface area contributed by atoms with Gasteiger partial charge in [-0.3, -0.25) is 4.79 Å². The van der Waals surface area contributed by atoms with Crippen molar-refractivity contribution in [3.8, 4) is 11.8 Å². The monoisotopic (exact) mass is 384 g/mol. The Hall–Kier alpha value is -3.24. The maximum Gasteiger partial charge on any atom is 0.331 e. The molecule has 0 aliphatic rings. The molecule has 0 amide bonds. The zero-order valence-corrected chi connectivity index (χ0v) is 15.5. The number of para-hydroxylation sites is 1. The van der Waals surface area contributed by atoms with Crippen LogP contribution < -0.4 is 0 Å². The average molecular weight is 385 g/mol. The van der Waals surface area contributed by atoms with E-state index >= 15 is 0 Å². The maximum absolute atomic E-state index is 11.8. The number of benzene rings is 1. The van der Waals surface area contributed by atoms with E-state index in [1.54, 1.807) is 17.7 Å². The summed E-state index contributed by atoms with van der Waals surface area (Å²) in [5, 5.41) is 20.9. The number of esters is 1. The summed E-state index contributed by atoms with van der Waals surface area (Å²) in [5.74, 6) is -2.61. The molecule has 8 heteroatoms. The van der Waals surface area contributed by atoms with Gasteiger partial charge in [0.15, 0.2) is 12.4 Å². The largest absolute Gasteiger partial charge is 0.454 e. The molecule has 0 fully saturated rings. The second-order valence-corrected chi connectivity index (χ2v) is 6.05. The summed E-state index contributed by atoms with van der Waals surface area (Å²) in [6.07, 6.45) is 2.59. The molecule has 1 aromatic heterocycles. The quantitative estimate of drug-likeness (QED) is 0.448. The van der Waals surface area contributed by atoms with E-state index < -0.39 is 24.3 Å². The number of rotatable bonds is 7. The molecular weight excluding hydrogens is 368 g/mol. The number of ether oxygens (including phenoxy) is 1. The molecule has 1 heterocycles. The van der Waals surface area contributed by atoms with Crippen LogP contribution in [0.25, 0.3) is 11.8 Å². The molecule has 138 valence electrons. The highest BCUT2D eigenvalue weighted by Gasteiger charge is 2.21. The van der Waals surface area contributed by atoms with E-state index in [-0.39, 0.29) is 5.71 Å². The molecule has 0 aliphatic heterocycles. The van der Waals surface area contributed by atoms with Crippen LogP contribution in [-0.2, 0) is 14.3 Å². The Kier molecular flexibility index (Phi) is 6.63. The predicted molar refractivity (Wildman–Crippen MR) is 101 cm³/mol. The Morgan fingerprint density at radius 2 is 2.07 bits per heavy atom. The van der Waals surface area contributed by atoms with Gasteiger partial charge in [-0.2, -0.15) is 10.4 Å². The number of halogens is 1. The fraction of sp³-hybridized carbons (Fsp3) is 0.211. The SMILES string of the molecule is CC(=N)[C@@H](C#N)C(=O)COC(=O)/C=C/c1c(C)nn(-c2ccccc2)c1Cl. The van der Waals surface area contributed by atoms with Gasteiger partial charge < -0.3 is 10.1 Å². The lowest BCUT2D eigenvalue weighted by atomic mass is 10.0. The van der Waals surface area contributed by atoms with Gasteiger partial charge in [-0.15, -0.1) is 0 Å². The third-order valence-electron chi connectivity index (χ3n) is 3.68. The van der Waals surface area contributed by atoms with Gasteiger partial charge in [0, 0.05) is 17.4 Å². The summed E-state index contributed by atoms with van der Waals surface area (Å²) < 4.78 is 6.39. The van der Waals surface area contributed by atoms with Gasteiger partial charge in [-0.05, 0) is 32.1 Å². The lowest BCUT2D eigenvalue weighted by Crippen LogP contribution is -2.25. The van der Waals surface area contributed by atoms with Crippen LogP contribution in [0.15, 0.2) is 36.4 Å². The van der Waals surface area contributed by atoms with Crippen LogP contribution in [0.3, 0.4) is 0 Å². The maximum atomic E-state index is 11.8. The Morgan fingerprint density at radius 3 is 2.67 bits per heavy atom. The molecule has 0 saturated heterocycles. The Bertz CT molecular complexity index is 942. The van der Waals surface area contributed by atoms with Crippen molar-refractivity contribution in [2.75, 3.05) is 6.61 Å². The van der Waals surface area contributed by atoms with Crippen LogP contribution in [0.1, 0.15) is 18.2 Å². The fourth-order valence-electron chi connectivity index (χ4n) is 2.28. The summed E-state index contributed by atoms with van der Waals surface area (Å²) in [4.78, 5) is 23.6. The number of aromatic nitrogens is 2. The second-order valence-electron chi connectivity index (χ2n) is 5.69. The van der Waals surface area contributed by atoms with E-state index in [9.17, 15) is 9.59 Å². The minimum atomic E-state index is -1.21. The minimum Gasteiger partial charge on any atom is -0.454 e. The first kappa shape index (κ1) is 20.1. The van der Waals surface area contributed by atoms with E-state index in [4.69, 9.17) is 27.0 Å². The molecule has 2 aromatic rings. The second kappa shape index (κ2) is 8.92. The normalized spacial score (nSPS) is 11.8. The number of hydrogen-bond acceptors (Lipinski definition) is 6. The van der Waals surface area contributed by atoms with Crippen LogP contribution in [0.2, 0.25) is 5.15 Å². The number of ketones is 1. The molecule has 1 N–H and O–H groups in total. The zero-order chi connectivity index (χ0) is 20.0. The number of Topliss-reactive ketones (excluding diaryl/α,β-unsaturated/α-hetero) is 1. The summed E-state index contributed by atoms with van der Waals surface area (Å²) in [5.41, 5.74) is 1.86. The molecular formula is C19H17ClN4O3. The van der Waals surface area contributed by atoms with E-state index in [2.05, 4.69) is 5.10 Å². The minimum absolute atomic E-state index is 0.0928. The Morgan fingerprint density at radius 1 is 1.41 bits per heavy atom. The number of carbonyl (C=O) groups excluding carboxylic acids is 2. The van der Waals surface area contributed by atoms with Crippen LogP contribution >= 0.6 is 11.6 Å². The summed E-state index contributed by atoms with van der Waals surface area (Å²) >= 11 is 6.35. The van der Waals surface area contributed by atoms with Gasteiger partial charge in [0.05, 0.1) is 17.5 Å². The van der Waals surface area contributed by atoms with Gasteiger partial charge in [0.25, 0.3) is 0 Å². The smallest absolute Gasteiger partial charge is 0.331 e. The van der Waals surface area contributed by atoms with Crippen LogP contribution in [0.4, 0.5) is 0 Å². The average Bonchev–Trinajstić information content (AvgIpc) is 2.93. The van der Waals surface area contributed by atoms with Gasteiger partial charge in [0.2, 0.25) is 0 Å². The standard InChI is InChI=1S/C19H17ClN4O3/c1-12(22)16(10-21)17(25)11-27-18(26)9-8-15-13(2)23-24(19(15)20)14-6-4-3-5-7-14/h3-9,16,22H,11H2,1-2H3/b9-8+,22-12?/t16-/m1/s1. The van der Waals surface area contributed by atoms with Gasteiger partial charge in [-0.1, -0.05) is 29.8 Å². The molecule has 0 unspecified atom stereocenters. The molecule has 0 aliphatic carbocycles. The van der Waals surface area contributed by atoms with Crippen LogP contribution in [0, 0.1) is 29.6 Å². The van der Waals surface area contributed by atoms with Gasteiger partial charge >= 0.3 is 5.97 Å². The van der Waals surface area contributed by atoms with Crippen molar-refractivity contribution in [3.63, 3.8) is 0 Å². The van der Waals surface area contributed by atoms with E-state index in [0.29, 0.717) is 16.4 Å². The molecule has 0 spiro atoms. The predicted octanol–water partition coefficient (Wildman–Crippen LogP) is 3.14. The lowest BCUT2D eigenvalue weighted by molar-refractivity contribution is -0.143. The van der Waals surface area contributed by atoms with Crippen molar-refractivity contribution in [1.82, 2.24) is 9.78 Å². The van der Waals surface area contributed by atoms with E-state index in [1.165, 1.54) is 13.0 Å². The molecule has 1 aromatic carbocycles. The Balaban J connectivity index is 2.07. The van der Waals surface area contributed by atoms with Crippen molar-refractivity contribution in [1.29, 1.82) is 10.7 Å². The third kappa shape index (κ3) is 4.90. The number of hydrogen-bond donors (Lipinski definition) is 1. The highest BCUT2D eigenvalue weighted by Crippen LogP contribution is 2.24. The number of aryl methyl sites for hydroxylation is 1. The van der Waals surface area contributed by atoms with Gasteiger partial charge in [0.1, 0.15) is 11.1 Å². The lowest BCUT2D eigenvalue weighted by Gasteiger charge is -2.05. The van der Waals surface area contributed by atoms with E-state index in [0.717, 1.165) is 11.8 Å². The first-order chi connectivity index (χ1) is 12.8. The highest BCUT2D eigenvalue weighted by molar-refractivity contribution is 6.31. The molecule has 2 rings (SSSR count). The Labute approximate surface area is 161 Å². The van der Waals surface area contributed by atoms with Crippen LogP contribution in [-0.4, -0.2) is 33.9 Å². The zero-order valence-electron chi connectivity index (χ0n) is 14.8. The number of nitrogens with zero attached hydrogens (tertiary/aromatic N) is 3. The first-order valence-corrected chi connectivity index (χ1v) is 8.35. The molecule has 0 bridgehead atoms. The van der Waals surface area contributed by atoms with Crippen molar-refractivity contribution in [2.45, 2.75) is 13.8 Å². The van der Waals surface area contributed by atoms with Crippen molar-refractivity contribution in [3.05, 3.63) is 52.8 Å². The van der Waals surface area contributed by atoms with Gasteiger partial charge in [-0.25, -0.2) is 9.48 Å². The number of carbonyl (C=O) groups is 2. The summed E-state index contributed by atoms with van der Waals surface area (Å²) in [6, 6.07) is 11.0. The van der Waals surface area contributed by atoms with Crippen molar-refractivity contribution >= 4 is 35.1 Å². The topological polar surface area (TPSA) is 109 Å². The molecule has 0 saturated carbocycles. The van der Waals surface area contributed by atoms with E-state index in [1.807, 2.05) is 30.3 Å². The molecule has 0 radical (unpaired) electrons. The first-order valence-electron chi connectivity index (χ1n) is 7.98. The number of nitrogens with one attached hydrogen (secondary N) is 1. The third-order valence-corrected chi connectivity index (χ3v) is 4.04. The summed E-state index contributed by atoms with van der Waals surface area (Å²) in [7, 11) is 0. The highest BCUT2D eigenvalue weighted by atomic mass is 35.5. The molecule has 7 nitrogen and oxygen atoms in total. The molecule has 27 heavy (non-hydrogen) atoms. The van der Waals surface area contributed by atoms with Crippen molar-refractivity contribution in [2.24, 2.45) is 5.92 Å². The summed E-state index contributed by atoms with van der Waals surface area (Å²) in [6.45, 7) is 2.53. The fourth-order valence-corrected chi connectivity index (χ4v) is 2.61.